The van der Waals surface area contributed by atoms with E-state index in [1.165, 1.54) is 18.1 Å². The third-order valence-corrected chi connectivity index (χ3v) is 5.72. The molecule has 1 amide bonds. The maximum Gasteiger partial charge on any atom is 0.387 e. The van der Waals surface area contributed by atoms with Gasteiger partial charge in [0.25, 0.3) is 5.91 Å². The number of carbonyl (C=O) groups is 1. The number of halogens is 2. The van der Waals surface area contributed by atoms with Gasteiger partial charge < -0.3 is 19.4 Å². The normalized spacial score (nSPS) is 11.0. The lowest BCUT2D eigenvalue weighted by atomic mass is 10.1. The molecular formula is C22H24F2N2O3S. The number of nitrogens with one attached hydrogen (secondary N) is 1. The van der Waals surface area contributed by atoms with Crippen molar-refractivity contribution in [3.8, 4) is 11.5 Å². The Morgan fingerprint density at radius 1 is 1.20 bits per heavy atom. The van der Waals surface area contributed by atoms with Crippen molar-refractivity contribution in [3.05, 3.63) is 69.2 Å². The van der Waals surface area contributed by atoms with Crippen molar-refractivity contribution in [1.29, 1.82) is 0 Å². The molecule has 0 fully saturated rings. The molecule has 0 atom stereocenters. The van der Waals surface area contributed by atoms with Gasteiger partial charge in [0, 0.05) is 22.8 Å². The van der Waals surface area contributed by atoms with Crippen molar-refractivity contribution in [2.45, 2.75) is 33.4 Å². The first kappa shape index (κ1) is 21.8. The molecule has 0 bridgehead atoms. The van der Waals surface area contributed by atoms with Crippen LogP contribution in [0, 0.1) is 13.8 Å². The van der Waals surface area contributed by atoms with E-state index in [2.05, 4.69) is 20.7 Å². The summed E-state index contributed by atoms with van der Waals surface area (Å²) in [5.41, 5.74) is 3.33. The molecule has 0 aliphatic carbocycles. The number of ether oxygens (including phenoxy) is 2. The van der Waals surface area contributed by atoms with Crippen LogP contribution in [0.5, 0.6) is 11.5 Å². The number of amides is 1. The van der Waals surface area contributed by atoms with Gasteiger partial charge in [-0.15, -0.1) is 11.3 Å². The number of nitrogens with zero attached hydrogens (tertiary/aromatic N) is 1. The second-order valence-electron chi connectivity index (χ2n) is 6.82. The lowest BCUT2D eigenvalue weighted by Gasteiger charge is -2.12. The molecule has 1 N–H and O–H groups in total. The summed E-state index contributed by atoms with van der Waals surface area (Å²) in [5, 5.41) is 4.94. The fraction of sp³-hybridized carbons (Fsp3) is 0.318. The van der Waals surface area contributed by atoms with E-state index in [-0.39, 0.29) is 17.4 Å². The van der Waals surface area contributed by atoms with Crippen molar-refractivity contribution in [2.24, 2.45) is 0 Å². The van der Waals surface area contributed by atoms with Crippen LogP contribution in [0.25, 0.3) is 0 Å². The predicted octanol–water partition coefficient (Wildman–Crippen LogP) is 4.80. The average molecular weight is 435 g/mol. The molecule has 0 aliphatic rings. The highest BCUT2D eigenvalue weighted by Gasteiger charge is 2.16. The van der Waals surface area contributed by atoms with E-state index in [0.29, 0.717) is 18.5 Å². The van der Waals surface area contributed by atoms with E-state index in [9.17, 15) is 13.6 Å². The SMILES string of the molecule is COc1ccc(CCNC(=O)c2cc(C)n(Cc3cccs3)c2C)cc1OC(F)F. The molecule has 0 radical (unpaired) electrons. The van der Waals surface area contributed by atoms with Crippen molar-refractivity contribution >= 4 is 17.2 Å². The average Bonchev–Trinajstić information content (AvgIpc) is 3.31. The zero-order valence-electron chi connectivity index (χ0n) is 17.1. The van der Waals surface area contributed by atoms with Gasteiger partial charge in [-0.2, -0.15) is 8.78 Å². The standard InChI is InChI=1S/C22H24F2N2O3S/c1-14-11-18(15(2)26(14)13-17-5-4-10-30-17)21(27)25-9-8-16-6-7-19(28-3)20(12-16)29-22(23)24/h4-7,10-12,22H,8-9,13H2,1-3H3,(H,25,27). The van der Waals surface area contributed by atoms with Gasteiger partial charge in [-0.05, 0) is 55.5 Å². The minimum absolute atomic E-state index is 0.0200. The van der Waals surface area contributed by atoms with Gasteiger partial charge in [0.05, 0.1) is 19.2 Å². The summed E-state index contributed by atoms with van der Waals surface area (Å²) in [5.74, 6) is 0.0628. The topological polar surface area (TPSA) is 52.5 Å². The van der Waals surface area contributed by atoms with Crippen LogP contribution in [0.1, 0.15) is 32.2 Å². The first-order valence-corrected chi connectivity index (χ1v) is 10.4. The van der Waals surface area contributed by atoms with Crippen LogP contribution in [0.4, 0.5) is 8.78 Å². The Bertz CT molecular complexity index is 1000. The number of carbonyl (C=O) groups excluding carboxylic acids is 1. The highest BCUT2D eigenvalue weighted by atomic mass is 32.1. The smallest absolute Gasteiger partial charge is 0.387 e. The van der Waals surface area contributed by atoms with Gasteiger partial charge >= 0.3 is 6.61 Å². The van der Waals surface area contributed by atoms with E-state index in [4.69, 9.17) is 4.74 Å². The Morgan fingerprint density at radius 3 is 2.67 bits per heavy atom. The van der Waals surface area contributed by atoms with Gasteiger partial charge in [0.15, 0.2) is 11.5 Å². The van der Waals surface area contributed by atoms with Gasteiger partial charge in [-0.1, -0.05) is 12.1 Å². The molecule has 2 aromatic heterocycles. The van der Waals surface area contributed by atoms with E-state index >= 15 is 0 Å². The fourth-order valence-corrected chi connectivity index (χ4v) is 4.01. The first-order valence-electron chi connectivity index (χ1n) is 9.48. The number of methoxy groups -OCH3 is 1. The molecular weight excluding hydrogens is 410 g/mol. The molecule has 0 aliphatic heterocycles. The van der Waals surface area contributed by atoms with Crippen LogP contribution in [0.3, 0.4) is 0 Å². The fourth-order valence-electron chi connectivity index (χ4n) is 3.31. The number of thiophene rings is 1. The summed E-state index contributed by atoms with van der Waals surface area (Å²) in [6, 6.07) is 10.8. The Balaban J connectivity index is 1.62. The maximum absolute atomic E-state index is 12.7. The van der Waals surface area contributed by atoms with Crippen molar-refractivity contribution in [1.82, 2.24) is 9.88 Å². The quantitative estimate of drug-likeness (QED) is 0.527. The zero-order chi connectivity index (χ0) is 21.7. The number of hydrogen-bond donors (Lipinski definition) is 1. The molecule has 0 spiro atoms. The predicted molar refractivity (Wildman–Crippen MR) is 113 cm³/mol. The number of hydrogen-bond acceptors (Lipinski definition) is 4. The molecule has 160 valence electrons. The van der Waals surface area contributed by atoms with E-state index in [1.807, 2.05) is 31.4 Å². The third kappa shape index (κ3) is 5.18. The van der Waals surface area contributed by atoms with E-state index < -0.39 is 6.61 Å². The molecule has 8 heteroatoms. The molecule has 0 unspecified atom stereocenters. The minimum atomic E-state index is -2.93. The van der Waals surface area contributed by atoms with Crippen LogP contribution in [0.2, 0.25) is 0 Å². The number of benzene rings is 1. The van der Waals surface area contributed by atoms with Gasteiger partial charge in [0.1, 0.15) is 0 Å². The number of rotatable bonds is 9. The highest BCUT2D eigenvalue weighted by molar-refractivity contribution is 7.09. The van der Waals surface area contributed by atoms with Crippen LogP contribution >= 0.6 is 11.3 Å². The second kappa shape index (κ2) is 9.75. The van der Waals surface area contributed by atoms with Crippen LogP contribution in [-0.4, -0.2) is 30.7 Å². The summed E-state index contributed by atoms with van der Waals surface area (Å²) < 4.78 is 36.8. The lowest BCUT2D eigenvalue weighted by molar-refractivity contribution is -0.0512. The van der Waals surface area contributed by atoms with Gasteiger partial charge in [0.2, 0.25) is 0 Å². The Hall–Kier alpha value is -2.87. The largest absolute Gasteiger partial charge is 0.493 e. The molecule has 5 nitrogen and oxygen atoms in total. The molecule has 0 saturated heterocycles. The molecule has 3 rings (SSSR count). The lowest BCUT2D eigenvalue weighted by Crippen LogP contribution is -2.26. The Morgan fingerprint density at radius 2 is 2.00 bits per heavy atom. The summed E-state index contributed by atoms with van der Waals surface area (Å²) in [6.45, 7) is 2.10. The van der Waals surface area contributed by atoms with Crippen molar-refractivity contribution in [2.75, 3.05) is 13.7 Å². The molecule has 1 aromatic carbocycles. The van der Waals surface area contributed by atoms with Crippen LogP contribution in [0.15, 0.2) is 41.8 Å². The maximum atomic E-state index is 12.7. The zero-order valence-corrected chi connectivity index (χ0v) is 17.9. The Labute approximate surface area is 178 Å². The van der Waals surface area contributed by atoms with E-state index in [0.717, 1.165) is 23.5 Å². The third-order valence-electron chi connectivity index (χ3n) is 4.86. The van der Waals surface area contributed by atoms with Crippen LogP contribution < -0.4 is 14.8 Å². The molecule has 2 heterocycles. The van der Waals surface area contributed by atoms with Gasteiger partial charge in [-0.3, -0.25) is 4.79 Å². The summed E-state index contributed by atoms with van der Waals surface area (Å²) >= 11 is 1.68. The molecule has 3 aromatic rings. The summed E-state index contributed by atoms with van der Waals surface area (Å²) in [4.78, 5) is 13.9. The molecule has 0 saturated carbocycles. The monoisotopic (exact) mass is 434 g/mol. The highest BCUT2D eigenvalue weighted by Crippen LogP contribution is 2.29. The summed E-state index contributed by atoms with van der Waals surface area (Å²) in [7, 11) is 1.39. The number of aryl methyl sites for hydroxylation is 1. The Kier molecular flexibility index (Phi) is 7.10. The van der Waals surface area contributed by atoms with Crippen molar-refractivity contribution < 1.29 is 23.0 Å². The van der Waals surface area contributed by atoms with E-state index in [1.54, 1.807) is 23.5 Å². The molecule has 30 heavy (non-hydrogen) atoms. The number of alkyl halides is 2. The van der Waals surface area contributed by atoms with Crippen molar-refractivity contribution in [3.63, 3.8) is 0 Å². The first-order chi connectivity index (χ1) is 14.4. The van der Waals surface area contributed by atoms with Gasteiger partial charge in [-0.25, -0.2) is 0 Å². The summed E-state index contributed by atoms with van der Waals surface area (Å²) in [6.07, 6.45) is 0.475. The second-order valence-corrected chi connectivity index (χ2v) is 7.85. The van der Waals surface area contributed by atoms with Crippen LogP contribution in [-0.2, 0) is 13.0 Å². The number of aromatic nitrogens is 1. The minimum Gasteiger partial charge on any atom is -0.493 e.